The molecule has 0 amide bonds. The fourth-order valence-electron chi connectivity index (χ4n) is 2.42. The minimum absolute atomic E-state index is 0.765. The largest absolute Gasteiger partial charge is 0.588 e. The molecule has 0 aliphatic heterocycles. The van der Waals surface area contributed by atoms with Crippen LogP contribution >= 0.6 is 0 Å². The summed E-state index contributed by atoms with van der Waals surface area (Å²) in [4.78, 5) is 0. The van der Waals surface area contributed by atoms with E-state index in [0.717, 1.165) is 44.5 Å². The lowest BCUT2D eigenvalue weighted by molar-refractivity contribution is -0.216. The van der Waals surface area contributed by atoms with Crippen LogP contribution in [0, 0.1) is 0 Å². The van der Waals surface area contributed by atoms with Gasteiger partial charge in [-0.05, 0) is 0 Å². The first-order valence-corrected chi connectivity index (χ1v) is 11.2. The normalized spacial score (nSPS) is 12.5. The van der Waals surface area contributed by atoms with Crippen molar-refractivity contribution in [2.24, 2.45) is 0 Å². The molecule has 0 spiro atoms. The molecular formula is C18H35N3O3Si. The molecule has 0 aromatic heterocycles. The molecule has 0 saturated carbocycles. The summed E-state index contributed by atoms with van der Waals surface area (Å²) in [6, 6.07) is 10.1. The summed E-state index contributed by atoms with van der Waals surface area (Å²) in [7, 11) is -3.21. The molecule has 0 bridgehead atoms. The molecule has 144 valence electrons. The van der Waals surface area contributed by atoms with E-state index in [1.165, 1.54) is 0 Å². The van der Waals surface area contributed by atoms with Gasteiger partial charge in [-0.1, -0.05) is 71.9 Å². The number of hydrogen-bond donors (Lipinski definition) is 0. The molecule has 0 unspecified atom stereocenters. The van der Waals surface area contributed by atoms with Gasteiger partial charge in [-0.2, -0.15) is 15.2 Å². The van der Waals surface area contributed by atoms with Crippen LogP contribution in [0.3, 0.4) is 0 Å². The van der Waals surface area contributed by atoms with E-state index in [2.05, 4.69) is 41.5 Å². The number of nitrogens with zero attached hydrogens (tertiary/aromatic N) is 3. The van der Waals surface area contributed by atoms with Crippen molar-refractivity contribution in [3.05, 3.63) is 30.3 Å². The zero-order valence-electron chi connectivity index (χ0n) is 16.7. The predicted octanol–water partition coefficient (Wildman–Crippen LogP) is 2.65. The summed E-state index contributed by atoms with van der Waals surface area (Å²) in [6.07, 6.45) is 0. The van der Waals surface area contributed by atoms with E-state index in [9.17, 15) is 0 Å². The van der Waals surface area contributed by atoms with Crippen LogP contribution in [0.1, 0.15) is 41.5 Å². The van der Waals surface area contributed by atoms with Crippen LogP contribution in [0.15, 0.2) is 30.3 Å². The van der Waals surface area contributed by atoms with Gasteiger partial charge in [0.25, 0.3) is 0 Å². The average Bonchev–Trinajstić information content (AvgIpc) is 2.68. The molecule has 1 aromatic carbocycles. The van der Waals surface area contributed by atoms with Gasteiger partial charge in [0, 0.05) is 44.5 Å². The molecule has 0 N–H and O–H groups in total. The molecule has 1 aromatic rings. The van der Waals surface area contributed by atoms with Crippen molar-refractivity contribution >= 4 is 14.0 Å². The maximum Gasteiger partial charge on any atom is 0.588 e. The van der Waals surface area contributed by atoms with Crippen LogP contribution < -0.4 is 5.19 Å². The quantitative estimate of drug-likeness (QED) is 0.393. The fraction of sp³-hybridized carbons (Fsp3) is 0.667. The molecule has 0 heterocycles. The van der Waals surface area contributed by atoms with Crippen LogP contribution in [0.4, 0.5) is 0 Å². The van der Waals surface area contributed by atoms with E-state index in [1.807, 2.05) is 45.5 Å². The molecule has 7 heteroatoms. The molecular weight excluding hydrogens is 334 g/mol. The number of rotatable bonds is 13. The third kappa shape index (κ3) is 6.45. The SMILES string of the molecule is CCN(CC)O[Si](ON(CC)CC)(ON(CC)CC)c1ccccc1. The van der Waals surface area contributed by atoms with Gasteiger partial charge in [-0.15, -0.1) is 0 Å². The smallest absolute Gasteiger partial charge is 0.280 e. The summed E-state index contributed by atoms with van der Waals surface area (Å²) >= 11 is 0. The zero-order valence-corrected chi connectivity index (χ0v) is 17.7. The molecule has 0 aliphatic rings. The Morgan fingerprint density at radius 3 is 1.20 bits per heavy atom. The Hall–Kier alpha value is -0.803. The lowest BCUT2D eigenvalue weighted by Gasteiger charge is -2.38. The lowest BCUT2D eigenvalue weighted by atomic mass is 10.4. The molecule has 1 rings (SSSR count). The predicted molar refractivity (Wildman–Crippen MR) is 104 cm³/mol. The third-order valence-electron chi connectivity index (χ3n) is 3.99. The number of hydroxylamine groups is 6. The highest BCUT2D eigenvalue weighted by Crippen LogP contribution is 2.17. The number of hydrogen-bond acceptors (Lipinski definition) is 6. The van der Waals surface area contributed by atoms with E-state index in [1.54, 1.807) is 0 Å². The molecule has 0 atom stereocenters. The fourth-order valence-corrected chi connectivity index (χ4v) is 5.23. The second-order valence-electron chi connectivity index (χ2n) is 5.54. The molecule has 0 saturated heterocycles. The topological polar surface area (TPSA) is 37.4 Å². The van der Waals surface area contributed by atoms with Crippen molar-refractivity contribution in [3.8, 4) is 0 Å². The van der Waals surface area contributed by atoms with Crippen LogP contribution in [0.25, 0.3) is 0 Å². The molecule has 25 heavy (non-hydrogen) atoms. The highest BCUT2D eigenvalue weighted by atomic mass is 28.4. The minimum Gasteiger partial charge on any atom is -0.280 e. The van der Waals surface area contributed by atoms with Gasteiger partial charge in [-0.25, -0.2) is 0 Å². The van der Waals surface area contributed by atoms with Crippen molar-refractivity contribution in [2.45, 2.75) is 41.5 Å². The maximum atomic E-state index is 6.44. The summed E-state index contributed by atoms with van der Waals surface area (Å²) in [5, 5.41) is 6.69. The maximum absolute atomic E-state index is 6.44. The van der Waals surface area contributed by atoms with E-state index in [4.69, 9.17) is 13.6 Å². The van der Waals surface area contributed by atoms with Crippen LogP contribution in [-0.4, -0.2) is 63.3 Å². The summed E-state index contributed by atoms with van der Waals surface area (Å²) in [5.74, 6) is 0. The summed E-state index contributed by atoms with van der Waals surface area (Å²) in [5.41, 5.74) is 0. The second-order valence-corrected chi connectivity index (χ2v) is 7.78. The van der Waals surface area contributed by atoms with Crippen molar-refractivity contribution < 1.29 is 13.6 Å². The van der Waals surface area contributed by atoms with Gasteiger partial charge in [0.2, 0.25) is 0 Å². The van der Waals surface area contributed by atoms with Crippen molar-refractivity contribution in [1.29, 1.82) is 0 Å². The van der Waals surface area contributed by atoms with E-state index in [0.29, 0.717) is 0 Å². The first-order chi connectivity index (χ1) is 12.1. The van der Waals surface area contributed by atoms with E-state index >= 15 is 0 Å². The number of benzene rings is 1. The van der Waals surface area contributed by atoms with Crippen molar-refractivity contribution in [1.82, 2.24) is 15.2 Å². The van der Waals surface area contributed by atoms with Crippen LogP contribution in [-0.2, 0) is 13.6 Å². The van der Waals surface area contributed by atoms with Gasteiger partial charge < -0.3 is 0 Å². The standard InChI is InChI=1S/C18H35N3O3Si/c1-7-19(8-2)22-25(23-20(9-3)10-4,24-21(11-5)12-6)18-16-14-13-15-17-18/h13-17H,7-12H2,1-6H3. The van der Waals surface area contributed by atoms with Gasteiger partial charge in [0.1, 0.15) is 0 Å². The second kappa shape index (κ2) is 11.7. The summed E-state index contributed by atoms with van der Waals surface area (Å²) in [6.45, 7) is 17.0. The Morgan fingerprint density at radius 2 is 0.920 bits per heavy atom. The molecule has 6 nitrogen and oxygen atoms in total. The van der Waals surface area contributed by atoms with Crippen molar-refractivity contribution in [3.63, 3.8) is 0 Å². The summed E-state index contributed by atoms with van der Waals surface area (Å²) < 4.78 is 19.3. The van der Waals surface area contributed by atoms with Gasteiger partial charge >= 0.3 is 8.80 Å². The monoisotopic (exact) mass is 369 g/mol. The third-order valence-corrected chi connectivity index (χ3v) is 6.53. The zero-order chi connectivity index (χ0) is 18.7. The average molecular weight is 370 g/mol. The highest BCUT2D eigenvalue weighted by molar-refractivity contribution is 6.75. The first-order valence-electron chi connectivity index (χ1n) is 9.46. The van der Waals surface area contributed by atoms with Crippen molar-refractivity contribution in [2.75, 3.05) is 39.3 Å². The molecule has 0 radical (unpaired) electrons. The van der Waals surface area contributed by atoms with Gasteiger partial charge in [-0.3, -0.25) is 13.6 Å². The Morgan fingerprint density at radius 1 is 0.600 bits per heavy atom. The van der Waals surface area contributed by atoms with E-state index in [-0.39, 0.29) is 0 Å². The Labute approximate surface area is 154 Å². The Kier molecular flexibility index (Phi) is 10.4. The highest BCUT2D eigenvalue weighted by Gasteiger charge is 2.50. The molecule has 0 aliphatic carbocycles. The lowest BCUT2D eigenvalue weighted by Crippen LogP contribution is -2.64. The molecule has 0 fully saturated rings. The van der Waals surface area contributed by atoms with E-state index < -0.39 is 8.80 Å². The Bertz CT molecular complexity index is 416. The van der Waals surface area contributed by atoms with Crippen LogP contribution in [0.2, 0.25) is 0 Å². The Balaban J connectivity index is 3.33. The van der Waals surface area contributed by atoms with Gasteiger partial charge in [0.15, 0.2) is 0 Å². The van der Waals surface area contributed by atoms with Crippen LogP contribution in [0.5, 0.6) is 0 Å². The first kappa shape index (κ1) is 22.2. The van der Waals surface area contributed by atoms with Gasteiger partial charge in [0.05, 0.1) is 0 Å². The minimum atomic E-state index is -3.21.